The molecule has 0 aliphatic rings. The molecule has 0 aliphatic heterocycles. The Balaban J connectivity index is 1.81. The number of carbonyl (C=O) groups is 1. The van der Waals surface area contributed by atoms with E-state index in [1.54, 1.807) is 6.26 Å². The Morgan fingerprint density at radius 1 is 1.67 bits per heavy atom. The summed E-state index contributed by atoms with van der Waals surface area (Å²) in [6.07, 6.45) is 1.64. The molecule has 0 aromatic carbocycles. The molecule has 2 aromatic rings. The van der Waals surface area contributed by atoms with Crippen molar-refractivity contribution in [1.82, 2.24) is 4.98 Å². The minimum Gasteiger partial charge on any atom is -0.468 e. The van der Waals surface area contributed by atoms with Gasteiger partial charge in [0.1, 0.15) is 5.76 Å². The lowest BCUT2D eigenvalue weighted by molar-refractivity contribution is -0.115. The molecule has 1 amide bonds. The van der Waals surface area contributed by atoms with Crippen molar-refractivity contribution in [3.63, 3.8) is 0 Å². The molecule has 18 heavy (non-hydrogen) atoms. The maximum absolute atomic E-state index is 11.9. The van der Waals surface area contributed by atoms with Crippen molar-refractivity contribution >= 4 is 34.1 Å². The van der Waals surface area contributed by atoms with E-state index in [-0.39, 0.29) is 11.2 Å². The molecule has 1 unspecified atom stereocenters. The smallest absolute Gasteiger partial charge is 0.239 e. The molecule has 0 fully saturated rings. The predicted octanol–water partition coefficient (Wildman–Crippen LogP) is 3.30. The number of furan rings is 1. The van der Waals surface area contributed by atoms with E-state index >= 15 is 0 Å². The number of aryl methyl sites for hydroxylation is 1. The summed E-state index contributed by atoms with van der Waals surface area (Å²) in [4.78, 5) is 16.1. The van der Waals surface area contributed by atoms with Crippen LogP contribution >= 0.6 is 23.1 Å². The van der Waals surface area contributed by atoms with E-state index in [1.165, 1.54) is 23.1 Å². The molecule has 0 bridgehead atoms. The molecule has 0 spiro atoms. The highest BCUT2D eigenvalue weighted by Gasteiger charge is 2.15. The Morgan fingerprint density at radius 2 is 2.50 bits per heavy atom. The Hall–Kier alpha value is -1.27. The van der Waals surface area contributed by atoms with Crippen LogP contribution in [0.5, 0.6) is 0 Å². The molecule has 4 nitrogen and oxygen atoms in total. The van der Waals surface area contributed by atoms with Crippen molar-refractivity contribution in [2.75, 3.05) is 5.32 Å². The largest absolute Gasteiger partial charge is 0.468 e. The fraction of sp³-hybridized carbons (Fsp3) is 0.333. The van der Waals surface area contributed by atoms with Crippen molar-refractivity contribution in [1.29, 1.82) is 0 Å². The molecule has 0 saturated heterocycles. The standard InChI is InChI=1S/C12H14N2O2S2/c1-8-6-18-12(13-8)14-11(15)9(2)17-7-10-4-3-5-16-10/h3-6,9H,7H2,1-2H3,(H,13,14,15). The highest BCUT2D eigenvalue weighted by atomic mass is 32.2. The molecule has 96 valence electrons. The SMILES string of the molecule is Cc1csc(NC(=O)C(C)SCc2ccco2)n1. The van der Waals surface area contributed by atoms with E-state index in [2.05, 4.69) is 10.3 Å². The number of thioether (sulfide) groups is 1. The summed E-state index contributed by atoms with van der Waals surface area (Å²) in [5.41, 5.74) is 0.922. The third-order valence-corrected chi connectivity index (χ3v) is 4.31. The average molecular weight is 282 g/mol. The number of rotatable bonds is 5. The first-order valence-electron chi connectivity index (χ1n) is 5.52. The molecule has 0 aliphatic carbocycles. The van der Waals surface area contributed by atoms with Gasteiger partial charge in [-0.1, -0.05) is 0 Å². The van der Waals surface area contributed by atoms with Crippen molar-refractivity contribution in [3.05, 3.63) is 35.2 Å². The minimum absolute atomic E-state index is 0.0269. The number of nitrogens with one attached hydrogen (secondary N) is 1. The first kappa shape index (κ1) is 13.2. The number of hydrogen-bond donors (Lipinski definition) is 1. The second kappa shape index (κ2) is 6.06. The van der Waals surface area contributed by atoms with Gasteiger partial charge in [0, 0.05) is 5.38 Å². The topological polar surface area (TPSA) is 55.1 Å². The average Bonchev–Trinajstić information content (AvgIpc) is 2.97. The monoisotopic (exact) mass is 282 g/mol. The van der Waals surface area contributed by atoms with Gasteiger partial charge in [0.05, 0.1) is 23.0 Å². The molecule has 0 radical (unpaired) electrons. The highest BCUT2D eigenvalue weighted by molar-refractivity contribution is 7.99. The molecule has 2 heterocycles. The molecule has 0 saturated carbocycles. The quantitative estimate of drug-likeness (QED) is 0.914. The van der Waals surface area contributed by atoms with Crippen LogP contribution in [0, 0.1) is 6.92 Å². The zero-order valence-corrected chi connectivity index (χ0v) is 11.8. The van der Waals surface area contributed by atoms with Gasteiger partial charge < -0.3 is 9.73 Å². The maximum atomic E-state index is 11.9. The van der Waals surface area contributed by atoms with E-state index < -0.39 is 0 Å². The van der Waals surface area contributed by atoms with Gasteiger partial charge in [-0.15, -0.1) is 23.1 Å². The number of nitrogens with zero attached hydrogens (tertiary/aromatic N) is 1. The molecule has 1 N–H and O–H groups in total. The van der Waals surface area contributed by atoms with Gasteiger partial charge in [0.25, 0.3) is 0 Å². The number of hydrogen-bond acceptors (Lipinski definition) is 5. The summed E-state index contributed by atoms with van der Waals surface area (Å²) in [5.74, 6) is 1.55. The van der Waals surface area contributed by atoms with Crippen LogP contribution in [0.4, 0.5) is 5.13 Å². The van der Waals surface area contributed by atoms with Gasteiger partial charge in [0.15, 0.2) is 5.13 Å². The zero-order valence-electron chi connectivity index (χ0n) is 10.2. The number of amides is 1. The van der Waals surface area contributed by atoms with Gasteiger partial charge in [-0.2, -0.15) is 0 Å². The molecular weight excluding hydrogens is 268 g/mol. The van der Waals surface area contributed by atoms with Gasteiger partial charge in [-0.3, -0.25) is 4.79 Å². The Bertz CT molecular complexity index is 508. The van der Waals surface area contributed by atoms with E-state index in [1.807, 2.05) is 31.4 Å². The second-order valence-electron chi connectivity index (χ2n) is 3.82. The molecule has 1 atom stereocenters. The van der Waals surface area contributed by atoms with Crippen LogP contribution in [0.2, 0.25) is 0 Å². The van der Waals surface area contributed by atoms with Gasteiger partial charge in [0.2, 0.25) is 5.91 Å². The van der Waals surface area contributed by atoms with Crippen molar-refractivity contribution in [3.8, 4) is 0 Å². The molecule has 2 rings (SSSR count). The van der Waals surface area contributed by atoms with Gasteiger partial charge in [-0.05, 0) is 26.0 Å². The highest BCUT2D eigenvalue weighted by Crippen LogP contribution is 2.20. The van der Waals surface area contributed by atoms with Crippen molar-refractivity contribution < 1.29 is 9.21 Å². The maximum Gasteiger partial charge on any atom is 0.239 e. The molecule has 6 heteroatoms. The summed E-state index contributed by atoms with van der Waals surface area (Å²) in [7, 11) is 0. The summed E-state index contributed by atoms with van der Waals surface area (Å²) < 4.78 is 5.22. The van der Waals surface area contributed by atoms with Crippen LogP contribution in [-0.2, 0) is 10.5 Å². The lowest BCUT2D eigenvalue weighted by atomic mass is 10.4. The second-order valence-corrected chi connectivity index (χ2v) is 6.00. The molecular formula is C12H14N2O2S2. The third-order valence-electron chi connectivity index (χ3n) is 2.27. The first-order chi connectivity index (χ1) is 8.65. The van der Waals surface area contributed by atoms with Crippen LogP contribution in [-0.4, -0.2) is 16.1 Å². The van der Waals surface area contributed by atoms with E-state index in [0.717, 1.165) is 11.5 Å². The van der Waals surface area contributed by atoms with Gasteiger partial charge in [-0.25, -0.2) is 4.98 Å². The Morgan fingerprint density at radius 3 is 3.11 bits per heavy atom. The number of thiazole rings is 1. The van der Waals surface area contributed by atoms with Crippen LogP contribution in [0.1, 0.15) is 18.4 Å². The third kappa shape index (κ3) is 3.61. The van der Waals surface area contributed by atoms with Crippen LogP contribution in [0.25, 0.3) is 0 Å². The van der Waals surface area contributed by atoms with Crippen LogP contribution in [0.3, 0.4) is 0 Å². The Kier molecular flexibility index (Phi) is 4.43. The van der Waals surface area contributed by atoms with Gasteiger partial charge >= 0.3 is 0 Å². The van der Waals surface area contributed by atoms with Crippen molar-refractivity contribution in [2.24, 2.45) is 0 Å². The fourth-order valence-electron chi connectivity index (χ4n) is 1.30. The predicted molar refractivity (Wildman–Crippen MR) is 74.9 cm³/mol. The van der Waals surface area contributed by atoms with E-state index in [0.29, 0.717) is 10.9 Å². The first-order valence-corrected chi connectivity index (χ1v) is 7.45. The summed E-state index contributed by atoms with van der Waals surface area (Å²) in [5, 5.41) is 5.24. The van der Waals surface area contributed by atoms with E-state index in [9.17, 15) is 4.79 Å². The molecule has 2 aromatic heterocycles. The lowest BCUT2D eigenvalue weighted by Gasteiger charge is -2.09. The number of aromatic nitrogens is 1. The number of anilines is 1. The minimum atomic E-state index is -0.140. The van der Waals surface area contributed by atoms with E-state index in [4.69, 9.17) is 4.42 Å². The van der Waals surface area contributed by atoms with Crippen LogP contribution < -0.4 is 5.32 Å². The van der Waals surface area contributed by atoms with Crippen molar-refractivity contribution in [2.45, 2.75) is 24.9 Å². The summed E-state index contributed by atoms with van der Waals surface area (Å²) in [6, 6.07) is 3.75. The lowest BCUT2D eigenvalue weighted by Crippen LogP contribution is -2.22. The zero-order chi connectivity index (χ0) is 13.0. The summed E-state index contributed by atoms with van der Waals surface area (Å²) in [6.45, 7) is 3.78. The summed E-state index contributed by atoms with van der Waals surface area (Å²) >= 11 is 2.98. The normalized spacial score (nSPS) is 12.3. The fourth-order valence-corrected chi connectivity index (χ4v) is 2.78. The number of carbonyl (C=O) groups excluding carboxylic acids is 1. The Labute approximate surface area is 114 Å². The van der Waals surface area contributed by atoms with Crippen LogP contribution in [0.15, 0.2) is 28.2 Å².